The van der Waals surface area contributed by atoms with E-state index in [9.17, 15) is 9.59 Å². The van der Waals surface area contributed by atoms with E-state index in [2.05, 4.69) is 15.2 Å². The number of aromatic nitrogens is 3. The number of nitrogens with one attached hydrogen (secondary N) is 1. The first kappa shape index (κ1) is 19.8. The van der Waals surface area contributed by atoms with E-state index in [4.69, 9.17) is 15.2 Å². The number of nitrogens with zero attached hydrogens (tertiary/aromatic N) is 3. The molecule has 154 valence electrons. The Hall–Kier alpha value is -3.53. The molecule has 0 saturated heterocycles. The maximum absolute atomic E-state index is 12.9. The molecule has 2 amide bonds. The number of para-hydroxylation sites is 2. The molecular formula is C20H19N5O4S. The SMILES string of the molecule is COc1ccc(-c2nc(SCC(=O)N3C[C@@H](C(N)=O)Oc4ccccc43)n[nH]2)cc1. The summed E-state index contributed by atoms with van der Waals surface area (Å²) < 4.78 is 10.7. The molecule has 10 heteroatoms. The Bertz CT molecular complexity index is 1070. The molecule has 0 aliphatic carbocycles. The zero-order valence-electron chi connectivity index (χ0n) is 16.1. The summed E-state index contributed by atoms with van der Waals surface area (Å²) in [5.74, 6) is 1.08. The Balaban J connectivity index is 1.44. The maximum atomic E-state index is 12.9. The molecule has 2 heterocycles. The van der Waals surface area contributed by atoms with Crippen molar-refractivity contribution in [1.29, 1.82) is 0 Å². The van der Waals surface area contributed by atoms with Gasteiger partial charge in [-0.05, 0) is 36.4 Å². The number of benzene rings is 2. The first-order chi connectivity index (χ1) is 14.5. The third-order valence-electron chi connectivity index (χ3n) is 4.55. The molecule has 3 aromatic rings. The summed E-state index contributed by atoms with van der Waals surface area (Å²) in [5.41, 5.74) is 6.85. The van der Waals surface area contributed by atoms with Crippen molar-refractivity contribution >= 4 is 29.3 Å². The summed E-state index contributed by atoms with van der Waals surface area (Å²) in [6.45, 7) is 0.0663. The molecule has 1 aliphatic rings. The summed E-state index contributed by atoms with van der Waals surface area (Å²) in [6, 6.07) is 14.4. The van der Waals surface area contributed by atoms with Crippen LogP contribution in [0.3, 0.4) is 0 Å². The van der Waals surface area contributed by atoms with Crippen molar-refractivity contribution in [2.45, 2.75) is 11.3 Å². The van der Waals surface area contributed by atoms with Gasteiger partial charge in [0.25, 0.3) is 5.91 Å². The molecule has 2 aromatic carbocycles. The van der Waals surface area contributed by atoms with E-state index < -0.39 is 12.0 Å². The van der Waals surface area contributed by atoms with Crippen molar-refractivity contribution in [2.75, 3.05) is 24.3 Å². The monoisotopic (exact) mass is 425 g/mol. The lowest BCUT2D eigenvalue weighted by atomic mass is 10.2. The van der Waals surface area contributed by atoms with E-state index in [0.717, 1.165) is 11.3 Å². The molecule has 4 rings (SSSR count). The van der Waals surface area contributed by atoms with Gasteiger partial charge < -0.3 is 20.1 Å². The van der Waals surface area contributed by atoms with Gasteiger partial charge in [-0.3, -0.25) is 14.7 Å². The number of ether oxygens (including phenoxy) is 2. The van der Waals surface area contributed by atoms with Crippen LogP contribution in [0.25, 0.3) is 11.4 Å². The number of hydrogen-bond acceptors (Lipinski definition) is 7. The highest BCUT2D eigenvalue weighted by Gasteiger charge is 2.32. The van der Waals surface area contributed by atoms with Gasteiger partial charge >= 0.3 is 0 Å². The van der Waals surface area contributed by atoms with Crippen molar-refractivity contribution in [3.63, 3.8) is 0 Å². The molecular weight excluding hydrogens is 406 g/mol. The number of aromatic amines is 1. The van der Waals surface area contributed by atoms with Crippen LogP contribution in [0, 0.1) is 0 Å². The Morgan fingerprint density at radius 1 is 1.27 bits per heavy atom. The first-order valence-electron chi connectivity index (χ1n) is 9.10. The second-order valence-electron chi connectivity index (χ2n) is 6.46. The predicted octanol–water partition coefficient (Wildman–Crippen LogP) is 1.85. The molecule has 3 N–H and O–H groups in total. The number of fused-ring (bicyclic) bond motifs is 1. The molecule has 0 unspecified atom stereocenters. The quantitative estimate of drug-likeness (QED) is 0.578. The molecule has 1 aliphatic heterocycles. The van der Waals surface area contributed by atoms with E-state index in [-0.39, 0.29) is 18.2 Å². The fourth-order valence-corrected chi connectivity index (χ4v) is 3.69. The highest BCUT2D eigenvalue weighted by molar-refractivity contribution is 7.99. The van der Waals surface area contributed by atoms with Crippen LogP contribution in [0.5, 0.6) is 11.5 Å². The number of primary amides is 1. The van der Waals surface area contributed by atoms with Gasteiger partial charge in [-0.15, -0.1) is 5.10 Å². The van der Waals surface area contributed by atoms with E-state index in [1.807, 2.05) is 24.3 Å². The fraction of sp³-hybridized carbons (Fsp3) is 0.200. The smallest absolute Gasteiger partial charge is 0.260 e. The average molecular weight is 425 g/mol. The lowest BCUT2D eigenvalue weighted by Gasteiger charge is -2.33. The number of thioether (sulfide) groups is 1. The van der Waals surface area contributed by atoms with Gasteiger partial charge in [-0.1, -0.05) is 23.9 Å². The third kappa shape index (κ3) is 4.08. The van der Waals surface area contributed by atoms with Gasteiger partial charge in [0.2, 0.25) is 11.1 Å². The minimum Gasteiger partial charge on any atom is -0.497 e. The van der Waals surface area contributed by atoms with Crippen LogP contribution in [-0.2, 0) is 9.59 Å². The minimum atomic E-state index is -0.890. The summed E-state index contributed by atoms with van der Waals surface area (Å²) in [4.78, 5) is 30.4. The fourth-order valence-electron chi connectivity index (χ4n) is 3.01. The van der Waals surface area contributed by atoms with Crippen LogP contribution < -0.4 is 20.1 Å². The van der Waals surface area contributed by atoms with Gasteiger partial charge in [-0.2, -0.15) is 0 Å². The van der Waals surface area contributed by atoms with Gasteiger partial charge in [0.05, 0.1) is 25.1 Å². The molecule has 1 aromatic heterocycles. The number of H-pyrrole nitrogens is 1. The Kier molecular flexibility index (Phi) is 5.57. The van der Waals surface area contributed by atoms with Gasteiger partial charge in [-0.25, -0.2) is 4.98 Å². The van der Waals surface area contributed by atoms with E-state index in [1.54, 1.807) is 31.4 Å². The summed E-state index contributed by atoms with van der Waals surface area (Å²) in [6.07, 6.45) is -0.890. The molecule has 0 bridgehead atoms. The highest BCUT2D eigenvalue weighted by Crippen LogP contribution is 2.33. The number of rotatable bonds is 6. The number of hydrogen-bond donors (Lipinski definition) is 2. The van der Waals surface area contributed by atoms with Gasteiger partial charge in [0.15, 0.2) is 11.9 Å². The van der Waals surface area contributed by atoms with Gasteiger partial charge in [0.1, 0.15) is 11.5 Å². The van der Waals surface area contributed by atoms with Crippen molar-refractivity contribution in [3.8, 4) is 22.9 Å². The van der Waals surface area contributed by atoms with Crippen molar-refractivity contribution < 1.29 is 19.1 Å². The number of carbonyl (C=O) groups excluding carboxylic acids is 2. The molecule has 0 saturated carbocycles. The van der Waals surface area contributed by atoms with E-state index in [1.165, 1.54) is 16.7 Å². The summed E-state index contributed by atoms with van der Waals surface area (Å²) in [7, 11) is 1.60. The topological polar surface area (TPSA) is 123 Å². The molecule has 0 radical (unpaired) electrons. The standard InChI is InChI=1S/C20H19N5O4S/c1-28-13-8-6-12(7-9-13)19-22-20(24-23-19)30-11-17(26)25-10-16(18(21)27)29-15-5-3-2-4-14(15)25/h2-9,16H,10-11H2,1H3,(H2,21,27)(H,22,23,24)/t16-/m0/s1. The van der Waals surface area contributed by atoms with Gasteiger partial charge in [0, 0.05) is 5.56 Å². The number of methoxy groups -OCH3 is 1. The molecule has 0 spiro atoms. The Labute approximate surface area is 176 Å². The first-order valence-corrected chi connectivity index (χ1v) is 10.1. The van der Waals surface area contributed by atoms with Crippen molar-refractivity contribution in [1.82, 2.24) is 15.2 Å². The Morgan fingerprint density at radius 2 is 2.03 bits per heavy atom. The predicted molar refractivity (Wildman–Crippen MR) is 112 cm³/mol. The van der Waals surface area contributed by atoms with Crippen molar-refractivity contribution in [2.24, 2.45) is 5.73 Å². The molecule has 30 heavy (non-hydrogen) atoms. The van der Waals surface area contributed by atoms with E-state index in [0.29, 0.717) is 22.4 Å². The summed E-state index contributed by atoms with van der Waals surface area (Å²) in [5, 5.41) is 7.48. The maximum Gasteiger partial charge on any atom is 0.260 e. The molecule has 0 fully saturated rings. The van der Waals surface area contributed by atoms with Crippen LogP contribution in [0.15, 0.2) is 53.7 Å². The van der Waals surface area contributed by atoms with Crippen LogP contribution in [0.2, 0.25) is 0 Å². The largest absolute Gasteiger partial charge is 0.497 e. The van der Waals surface area contributed by atoms with Crippen molar-refractivity contribution in [3.05, 3.63) is 48.5 Å². The zero-order valence-corrected chi connectivity index (χ0v) is 16.9. The summed E-state index contributed by atoms with van der Waals surface area (Å²) >= 11 is 1.20. The Morgan fingerprint density at radius 3 is 2.77 bits per heavy atom. The molecule has 9 nitrogen and oxygen atoms in total. The average Bonchev–Trinajstić information content (AvgIpc) is 3.25. The number of carbonyl (C=O) groups is 2. The minimum absolute atomic E-state index is 0.0663. The second-order valence-corrected chi connectivity index (χ2v) is 7.41. The van der Waals surface area contributed by atoms with Crippen LogP contribution in [0.1, 0.15) is 0 Å². The third-order valence-corrected chi connectivity index (χ3v) is 5.38. The highest BCUT2D eigenvalue weighted by atomic mass is 32.2. The van der Waals surface area contributed by atoms with E-state index >= 15 is 0 Å². The zero-order chi connectivity index (χ0) is 21.1. The second kappa shape index (κ2) is 8.46. The van der Waals surface area contributed by atoms with Crippen LogP contribution >= 0.6 is 11.8 Å². The lowest BCUT2D eigenvalue weighted by Crippen LogP contribution is -2.49. The van der Waals surface area contributed by atoms with Crippen LogP contribution in [0.4, 0.5) is 5.69 Å². The lowest BCUT2D eigenvalue weighted by molar-refractivity contribution is -0.125. The molecule has 1 atom stereocenters. The normalized spacial score (nSPS) is 15.2. The van der Waals surface area contributed by atoms with Crippen LogP contribution in [-0.4, -0.2) is 52.5 Å². The number of nitrogens with two attached hydrogens (primary N) is 1. The number of anilines is 1. The number of amides is 2.